The number of rotatable bonds is 11. The Morgan fingerprint density at radius 3 is 2.39 bits per heavy atom. The number of carbonyl (C=O) groups excluding carboxylic acids is 2. The molecule has 1 N–H and O–H groups in total. The Morgan fingerprint density at radius 1 is 1.09 bits per heavy atom. The zero-order valence-electron chi connectivity index (χ0n) is 18.4. The molecule has 1 unspecified atom stereocenters. The lowest BCUT2D eigenvalue weighted by molar-refractivity contribution is -0.121. The van der Waals surface area contributed by atoms with Crippen molar-refractivity contribution in [3.8, 4) is 0 Å². The molecule has 0 bridgehead atoms. The van der Waals surface area contributed by atoms with E-state index < -0.39 is 9.84 Å². The van der Waals surface area contributed by atoms with E-state index in [1.165, 1.54) is 6.20 Å². The summed E-state index contributed by atoms with van der Waals surface area (Å²) in [7, 11) is -3.28. The number of aromatic nitrogens is 1. The summed E-state index contributed by atoms with van der Waals surface area (Å²) in [6, 6.07) is 6.75. The van der Waals surface area contributed by atoms with Crippen molar-refractivity contribution in [1.82, 2.24) is 4.98 Å². The fraction of sp³-hybridized carbons (Fsp3) is 0.542. The van der Waals surface area contributed by atoms with Crippen molar-refractivity contribution in [2.75, 3.05) is 13.2 Å². The first-order valence-corrected chi connectivity index (χ1v) is 13.8. The average Bonchev–Trinajstić information content (AvgIpc) is 3.60. The number of nitrogens with zero attached hydrogens (tertiary/aromatic N) is 1. The second kappa shape index (κ2) is 10.5. The number of thiazole rings is 1. The van der Waals surface area contributed by atoms with Gasteiger partial charge in [-0.05, 0) is 55.7 Å². The molecule has 9 heteroatoms. The summed E-state index contributed by atoms with van der Waals surface area (Å²) in [5.41, 5.74) is 0.797. The van der Waals surface area contributed by atoms with Crippen LogP contribution >= 0.6 is 11.3 Å². The highest BCUT2D eigenvalue weighted by Gasteiger charge is 2.37. The molecule has 1 saturated carbocycles. The Labute approximate surface area is 198 Å². The molecule has 1 aliphatic carbocycles. The lowest BCUT2D eigenvalue weighted by Crippen LogP contribution is -2.22. The maximum absolute atomic E-state index is 13.3. The van der Waals surface area contributed by atoms with Gasteiger partial charge >= 0.3 is 0 Å². The van der Waals surface area contributed by atoms with Crippen molar-refractivity contribution < 1.29 is 27.9 Å². The van der Waals surface area contributed by atoms with E-state index in [1.807, 2.05) is 0 Å². The van der Waals surface area contributed by atoms with Gasteiger partial charge in [-0.2, -0.15) is 0 Å². The van der Waals surface area contributed by atoms with Crippen LogP contribution in [0.15, 0.2) is 35.4 Å². The molecule has 0 radical (unpaired) electrons. The molecule has 2 heterocycles. The average molecular weight is 492 g/mol. The number of hydrogen-bond donors (Lipinski definition) is 1. The number of sulfone groups is 1. The lowest BCUT2D eigenvalue weighted by Gasteiger charge is -2.26. The van der Waals surface area contributed by atoms with Crippen LogP contribution in [0.25, 0.3) is 0 Å². The Morgan fingerprint density at radius 2 is 1.79 bits per heavy atom. The molecule has 4 rings (SSSR count). The van der Waals surface area contributed by atoms with E-state index >= 15 is 0 Å². The summed E-state index contributed by atoms with van der Waals surface area (Å²) in [5, 5.41) is 9.20. The Bertz CT molecular complexity index is 1080. The van der Waals surface area contributed by atoms with E-state index in [0.717, 1.165) is 29.7 Å². The SMILES string of the molecule is O=C(CCC(=O)C(CC1CCOCC1)c1ccc(S(=O)(=O)C2CC2)cc1)c1ncc(CO)s1. The number of benzene rings is 1. The van der Waals surface area contributed by atoms with Gasteiger partial charge < -0.3 is 9.84 Å². The minimum Gasteiger partial charge on any atom is -0.391 e. The van der Waals surface area contributed by atoms with E-state index in [4.69, 9.17) is 9.84 Å². The van der Waals surface area contributed by atoms with Crippen LogP contribution in [0.4, 0.5) is 0 Å². The Hall–Kier alpha value is -1.94. The van der Waals surface area contributed by atoms with Gasteiger partial charge in [0.1, 0.15) is 5.78 Å². The first-order valence-electron chi connectivity index (χ1n) is 11.4. The second-order valence-corrected chi connectivity index (χ2v) is 12.2. The van der Waals surface area contributed by atoms with E-state index in [0.29, 0.717) is 53.2 Å². The van der Waals surface area contributed by atoms with Crippen LogP contribution in [0.3, 0.4) is 0 Å². The molecule has 178 valence electrons. The molecule has 0 spiro atoms. The second-order valence-electron chi connectivity index (χ2n) is 8.84. The van der Waals surface area contributed by atoms with Gasteiger partial charge in [0.05, 0.1) is 21.6 Å². The third-order valence-corrected chi connectivity index (χ3v) is 9.72. The van der Waals surface area contributed by atoms with Crippen molar-refractivity contribution in [3.05, 3.63) is 45.9 Å². The van der Waals surface area contributed by atoms with Gasteiger partial charge in [-0.3, -0.25) is 9.59 Å². The van der Waals surface area contributed by atoms with E-state index in [9.17, 15) is 18.0 Å². The smallest absolute Gasteiger partial charge is 0.191 e. The van der Waals surface area contributed by atoms with Crippen LogP contribution in [-0.4, -0.2) is 48.5 Å². The number of carbonyl (C=O) groups is 2. The summed E-state index contributed by atoms with van der Waals surface area (Å²) < 4.78 is 30.5. The van der Waals surface area contributed by atoms with Crippen molar-refractivity contribution in [2.24, 2.45) is 5.92 Å². The summed E-state index contributed by atoms with van der Waals surface area (Å²) >= 11 is 1.14. The quantitative estimate of drug-likeness (QED) is 0.477. The highest BCUT2D eigenvalue weighted by molar-refractivity contribution is 7.92. The lowest BCUT2D eigenvalue weighted by atomic mass is 9.81. The zero-order chi connectivity index (χ0) is 23.4. The molecule has 1 atom stereocenters. The van der Waals surface area contributed by atoms with Crippen LogP contribution in [0.1, 0.15) is 71.1 Å². The van der Waals surface area contributed by atoms with Gasteiger partial charge in [-0.15, -0.1) is 11.3 Å². The Balaban J connectivity index is 1.47. The number of ether oxygens (including phenoxy) is 1. The van der Waals surface area contributed by atoms with Gasteiger partial charge in [-0.25, -0.2) is 13.4 Å². The minimum atomic E-state index is -3.28. The standard InChI is InChI=1S/C24H29NO6S2/c26-15-18-14-25-24(32-18)23(28)8-7-22(27)21(13-16-9-11-31-12-10-16)17-1-3-19(4-2-17)33(29,30)20-5-6-20/h1-4,14,16,20-21,26H,5-13,15H2. The monoisotopic (exact) mass is 491 g/mol. The fourth-order valence-electron chi connectivity index (χ4n) is 4.26. The van der Waals surface area contributed by atoms with Crippen molar-refractivity contribution in [1.29, 1.82) is 0 Å². The first kappa shape index (κ1) is 24.2. The number of aliphatic hydroxyl groups excluding tert-OH is 1. The van der Waals surface area contributed by atoms with Crippen molar-refractivity contribution in [3.63, 3.8) is 0 Å². The van der Waals surface area contributed by atoms with Crippen LogP contribution in [0.5, 0.6) is 0 Å². The van der Waals surface area contributed by atoms with E-state index in [-0.39, 0.29) is 42.2 Å². The normalized spacial score (nSPS) is 18.2. The van der Waals surface area contributed by atoms with Crippen LogP contribution < -0.4 is 0 Å². The number of aliphatic hydroxyl groups is 1. The van der Waals surface area contributed by atoms with Gasteiger partial charge in [-0.1, -0.05) is 12.1 Å². The number of Topliss-reactive ketones (excluding diaryl/α,β-unsaturated/α-hetero) is 2. The van der Waals surface area contributed by atoms with Crippen molar-refractivity contribution in [2.45, 2.75) is 67.6 Å². The summed E-state index contributed by atoms with van der Waals surface area (Å²) in [5.74, 6) is -0.262. The molecule has 0 amide bonds. The van der Waals surface area contributed by atoms with Crippen LogP contribution in [0.2, 0.25) is 0 Å². The minimum absolute atomic E-state index is 0.0217. The molecule has 1 aliphatic heterocycles. The molecular formula is C24H29NO6S2. The molecule has 2 aliphatic rings. The summed E-state index contributed by atoms with van der Waals surface area (Å²) in [6.07, 6.45) is 5.50. The predicted molar refractivity (Wildman–Crippen MR) is 124 cm³/mol. The highest BCUT2D eigenvalue weighted by Crippen LogP contribution is 2.35. The highest BCUT2D eigenvalue weighted by atomic mass is 32.2. The largest absolute Gasteiger partial charge is 0.391 e. The van der Waals surface area contributed by atoms with Gasteiger partial charge in [0, 0.05) is 38.2 Å². The predicted octanol–water partition coefficient (Wildman–Crippen LogP) is 3.70. The van der Waals surface area contributed by atoms with Gasteiger partial charge in [0.25, 0.3) is 0 Å². The van der Waals surface area contributed by atoms with Gasteiger partial charge in [0.2, 0.25) is 0 Å². The molecule has 1 aromatic carbocycles. The van der Waals surface area contributed by atoms with Gasteiger partial charge in [0.15, 0.2) is 20.6 Å². The molecule has 2 aromatic rings. The van der Waals surface area contributed by atoms with E-state index in [2.05, 4.69) is 4.98 Å². The molecule has 7 nitrogen and oxygen atoms in total. The third-order valence-electron chi connectivity index (χ3n) is 6.42. The number of ketones is 2. The van der Waals surface area contributed by atoms with Crippen molar-refractivity contribution >= 4 is 32.7 Å². The topological polar surface area (TPSA) is 111 Å². The third kappa shape index (κ3) is 5.95. The maximum atomic E-state index is 13.3. The molecular weight excluding hydrogens is 462 g/mol. The summed E-state index contributed by atoms with van der Waals surface area (Å²) in [6.45, 7) is 1.20. The fourth-order valence-corrected chi connectivity index (χ4v) is 6.65. The molecule has 2 fully saturated rings. The van der Waals surface area contributed by atoms with Crippen LogP contribution in [0, 0.1) is 5.92 Å². The zero-order valence-corrected chi connectivity index (χ0v) is 20.1. The first-order chi connectivity index (χ1) is 15.9. The molecule has 1 saturated heterocycles. The summed E-state index contributed by atoms with van der Waals surface area (Å²) in [4.78, 5) is 30.7. The maximum Gasteiger partial charge on any atom is 0.191 e. The van der Waals surface area contributed by atoms with E-state index in [1.54, 1.807) is 24.3 Å². The molecule has 33 heavy (non-hydrogen) atoms. The van der Waals surface area contributed by atoms with Crippen LogP contribution in [-0.2, 0) is 26.0 Å². The number of hydrogen-bond acceptors (Lipinski definition) is 8. The molecule has 1 aromatic heterocycles. The Kier molecular flexibility index (Phi) is 7.73.